The largest absolute Gasteiger partial charge is 0.380 e. The van der Waals surface area contributed by atoms with Crippen LogP contribution in [0, 0.1) is 5.92 Å². The Bertz CT molecular complexity index is 699. The number of hydrogen-bond acceptors (Lipinski definition) is 4. The van der Waals surface area contributed by atoms with E-state index in [2.05, 4.69) is 51.6 Å². The predicted molar refractivity (Wildman–Crippen MR) is 111 cm³/mol. The van der Waals surface area contributed by atoms with E-state index in [1.165, 1.54) is 29.0 Å². The van der Waals surface area contributed by atoms with Gasteiger partial charge < -0.3 is 9.64 Å². The smallest absolute Gasteiger partial charge is 0.114 e. The van der Waals surface area contributed by atoms with Crippen LogP contribution in [0.4, 0.5) is 10.1 Å². The highest BCUT2D eigenvalue weighted by Gasteiger charge is 2.23. The van der Waals surface area contributed by atoms with Crippen molar-refractivity contribution in [2.75, 3.05) is 50.8 Å². The normalized spacial score (nSPS) is 21.8. The van der Waals surface area contributed by atoms with Crippen molar-refractivity contribution in [1.29, 1.82) is 0 Å². The van der Waals surface area contributed by atoms with Gasteiger partial charge in [-0.3, -0.25) is 4.90 Å². The SMILES string of the molecule is FC1CCN(CCOCC2CCN(c3ccsc3-c3ccccc3)CC2)C1. The minimum absolute atomic E-state index is 0.589. The summed E-state index contributed by atoms with van der Waals surface area (Å²) in [6, 6.07) is 12.9. The zero-order chi connectivity index (χ0) is 18.5. The number of thiophene rings is 1. The molecule has 1 aromatic heterocycles. The van der Waals surface area contributed by atoms with E-state index in [1.54, 1.807) is 0 Å². The third-order valence-corrected chi connectivity index (χ3v) is 6.71. The lowest BCUT2D eigenvalue weighted by molar-refractivity contribution is 0.0742. The molecule has 3 heterocycles. The Morgan fingerprint density at radius 3 is 2.59 bits per heavy atom. The van der Waals surface area contributed by atoms with E-state index in [0.717, 1.165) is 39.4 Å². The van der Waals surface area contributed by atoms with Gasteiger partial charge in [0.05, 0.1) is 17.2 Å². The Labute approximate surface area is 165 Å². The van der Waals surface area contributed by atoms with Crippen LogP contribution >= 0.6 is 11.3 Å². The van der Waals surface area contributed by atoms with Gasteiger partial charge in [0, 0.05) is 39.3 Å². The van der Waals surface area contributed by atoms with Crippen molar-refractivity contribution in [3.8, 4) is 10.4 Å². The van der Waals surface area contributed by atoms with E-state index in [1.807, 2.05) is 11.3 Å². The second kappa shape index (κ2) is 9.18. The number of alkyl halides is 1. The summed E-state index contributed by atoms with van der Waals surface area (Å²) in [5, 5.41) is 2.20. The molecule has 0 N–H and O–H groups in total. The maximum atomic E-state index is 13.2. The molecule has 1 unspecified atom stereocenters. The van der Waals surface area contributed by atoms with Gasteiger partial charge in [0.1, 0.15) is 6.17 Å². The van der Waals surface area contributed by atoms with Gasteiger partial charge >= 0.3 is 0 Å². The fraction of sp³-hybridized carbons (Fsp3) is 0.545. The molecule has 2 saturated heterocycles. The van der Waals surface area contributed by atoms with Crippen LogP contribution in [0.3, 0.4) is 0 Å². The van der Waals surface area contributed by atoms with Gasteiger partial charge in [-0.05, 0) is 42.2 Å². The number of benzene rings is 1. The Balaban J connectivity index is 1.21. The highest BCUT2D eigenvalue weighted by molar-refractivity contribution is 7.14. The van der Waals surface area contributed by atoms with Crippen molar-refractivity contribution >= 4 is 17.0 Å². The van der Waals surface area contributed by atoms with Crippen LogP contribution in [0.2, 0.25) is 0 Å². The van der Waals surface area contributed by atoms with Gasteiger partial charge in [0.15, 0.2) is 0 Å². The summed E-state index contributed by atoms with van der Waals surface area (Å²) < 4.78 is 19.1. The minimum atomic E-state index is -0.632. The summed E-state index contributed by atoms with van der Waals surface area (Å²) in [4.78, 5) is 6.08. The van der Waals surface area contributed by atoms with E-state index in [9.17, 15) is 4.39 Å². The fourth-order valence-electron chi connectivity index (χ4n) is 4.13. The number of anilines is 1. The van der Waals surface area contributed by atoms with Gasteiger partial charge in [-0.2, -0.15) is 0 Å². The molecule has 0 spiro atoms. The summed E-state index contributed by atoms with van der Waals surface area (Å²) in [7, 11) is 0. The average molecular weight is 389 g/mol. The molecule has 2 aliphatic heterocycles. The fourth-order valence-corrected chi connectivity index (χ4v) is 5.05. The highest BCUT2D eigenvalue weighted by atomic mass is 32.1. The lowest BCUT2D eigenvalue weighted by Gasteiger charge is -2.33. The number of ether oxygens (including phenoxy) is 1. The van der Waals surface area contributed by atoms with E-state index in [4.69, 9.17) is 4.74 Å². The molecular formula is C22H29FN2OS. The molecule has 0 bridgehead atoms. The molecule has 1 atom stereocenters. The second-order valence-electron chi connectivity index (χ2n) is 7.69. The molecule has 1 aromatic carbocycles. The van der Waals surface area contributed by atoms with E-state index < -0.39 is 6.17 Å². The van der Waals surface area contributed by atoms with Crippen molar-refractivity contribution in [3.05, 3.63) is 41.8 Å². The zero-order valence-electron chi connectivity index (χ0n) is 15.9. The van der Waals surface area contributed by atoms with Gasteiger partial charge in [-0.25, -0.2) is 4.39 Å². The summed E-state index contributed by atoms with van der Waals surface area (Å²) >= 11 is 1.83. The quantitative estimate of drug-likeness (QED) is 0.640. The summed E-state index contributed by atoms with van der Waals surface area (Å²) in [6.07, 6.45) is 2.42. The Hall–Kier alpha value is -1.43. The molecule has 2 aromatic rings. The van der Waals surface area contributed by atoms with Crippen molar-refractivity contribution < 1.29 is 9.13 Å². The van der Waals surface area contributed by atoms with Gasteiger partial charge in [-0.15, -0.1) is 11.3 Å². The van der Waals surface area contributed by atoms with Crippen LogP contribution in [0.25, 0.3) is 10.4 Å². The van der Waals surface area contributed by atoms with Crippen LogP contribution in [0.5, 0.6) is 0 Å². The predicted octanol–water partition coefficient (Wildman–Crippen LogP) is 4.69. The van der Waals surface area contributed by atoms with Gasteiger partial charge in [0.25, 0.3) is 0 Å². The molecule has 2 aliphatic rings. The molecule has 27 heavy (non-hydrogen) atoms. The first-order valence-corrected chi connectivity index (χ1v) is 11.0. The van der Waals surface area contributed by atoms with Crippen LogP contribution in [-0.2, 0) is 4.74 Å². The maximum absolute atomic E-state index is 13.2. The average Bonchev–Trinajstić information content (AvgIpc) is 3.36. The first-order chi connectivity index (χ1) is 13.3. The number of nitrogens with zero attached hydrogens (tertiary/aromatic N) is 2. The van der Waals surface area contributed by atoms with E-state index >= 15 is 0 Å². The zero-order valence-corrected chi connectivity index (χ0v) is 16.7. The monoisotopic (exact) mass is 388 g/mol. The molecule has 0 radical (unpaired) electrons. The third-order valence-electron chi connectivity index (χ3n) is 5.76. The molecule has 2 fully saturated rings. The second-order valence-corrected chi connectivity index (χ2v) is 8.61. The lowest BCUT2D eigenvalue weighted by Crippen LogP contribution is -2.35. The summed E-state index contributed by atoms with van der Waals surface area (Å²) in [5.74, 6) is 0.646. The number of halogens is 1. The Kier molecular flexibility index (Phi) is 6.43. The number of hydrogen-bond donors (Lipinski definition) is 0. The van der Waals surface area contributed by atoms with Crippen LogP contribution in [0.15, 0.2) is 41.8 Å². The van der Waals surface area contributed by atoms with Crippen LogP contribution < -0.4 is 4.90 Å². The van der Waals surface area contributed by atoms with Gasteiger partial charge in [-0.1, -0.05) is 30.3 Å². The van der Waals surface area contributed by atoms with Crippen LogP contribution in [-0.4, -0.2) is 57.0 Å². The number of piperidine rings is 1. The maximum Gasteiger partial charge on any atom is 0.114 e. The Morgan fingerprint density at radius 2 is 1.85 bits per heavy atom. The molecule has 0 saturated carbocycles. The van der Waals surface area contributed by atoms with Crippen LogP contribution in [0.1, 0.15) is 19.3 Å². The van der Waals surface area contributed by atoms with E-state index in [0.29, 0.717) is 18.9 Å². The van der Waals surface area contributed by atoms with Crippen molar-refractivity contribution in [2.24, 2.45) is 5.92 Å². The van der Waals surface area contributed by atoms with E-state index in [-0.39, 0.29) is 0 Å². The highest BCUT2D eigenvalue weighted by Crippen LogP contribution is 2.37. The first kappa shape index (κ1) is 18.9. The standard InChI is InChI=1S/C22H29FN2OS/c23-20-8-10-24(16-20)13-14-26-17-18-6-11-25(12-7-18)21-9-15-27-22(21)19-4-2-1-3-5-19/h1-5,9,15,18,20H,6-8,10-14,16-17H2. The molecule has 0 amide bonds. The number of rotatable bonds is 7. The van der Waals surface area contributed by atoms with Gasteiger partial charge in [0.2, 0.25) is 0 Å². The molecular weight excluding hydrogens is 359 g/mol. The van der Waals surface area contributed by atoms with Crippen molar-refractivity contribution in [1.82, 2.24) is 4.90 Å². The summed E-state index contributed by atoms with van der Waals surface area (Å²) in [5.41, 5.74) is 2.69. The minimum Gasteiger partial charge on any atom is -0.380 e. The van der Waals surface area contributed by atoms with Crippen molar-refractivity contribution in [2.45, 2.75) is 25.4 Å². The topological polar surface area (TPSA) is 15.7 Å². The molecule has 0 aliphatic carbocycles. The third kappa shape index (κ3) is 4.89. The lowest BCUT2D eigenvalue weighted by atomic mass is 9.97. The molecule has 3 nitrogen and oxygen atoms in total. The summed E-state index contributed by atoms with van der Waals surface area (Å²) in [6.45, 7) is 6.11. The van der Waals surface area contributed by atoms with Crippen molar-refractivity contribution in [3.63, 3.8) is 0 Å². The molecule has 146 valence electrons. The number of likely N-dealkylation sites (tertiary alicyclic amines) is 1. The first-order valence-electron chi connectivity index (χ1n) is 10.1. The molecule has 5 heteroatoms. The Morgan fingerprint density at radius 1 is 1.04 bits per heavy atom. The molecule has 4 rings (SSSR count).